The Bertz CT molecular complexity index is 653. The third-order valence-electron chi connectivity index (χ3n) is 4.55. The number of hydrogen-bond acceptors (Lipinski definition) is 3. The van der Waals surface area contributed by atoms with Crippen LogP contribution in [0.1, 0.15) is 31.4 Å². The molecule has 0 saturated carbocycles. The smallest absolute Gasteiger partial charge is 0.239 e. The maximum Gasteiger partial charge on any atom is 0.239 e. The topological polar surface area (TPSA) is 44.4 Å². The molecule has 0 saturated heterocycles. The lowest BCUT2D eigenvalue weighted by Gasteiger charge is -2.20. The summed E-state index contributed by atoms with van der Waals surface area (Å²) in [6.45, 7) is 8.29. The number of amides is 1. The van der Waals surface area contributed by atoms with Gasteiger partial charge in [-0.2, -0.15) is 0 Å². The largest absolute Gasteiger partial charge is 0.376 e. The normalized spacial score (nSPS) is 10.7. The Kier molecular flexibility index (Phi) is 8.70. The van der Waals surface area contributed by atoms with E-state index in [4.69, 9.17) is 0 Å². The molecule has 0 radical (unpaired) electrons. The zero-order chi connectivity index (χ0) is 18.6. The minimum Gasteiger partial charge on any atom is -0.376 e. The molecule has 0 spiro atoms. The van der Waals surface area contributed by atoms with Crippen LogP contribution in [0.25, 0.3) is 0 Å². The van der Waals surface area contributed by atoms with Crippen LogP contribution in [0.5, 0.6) is 0 Å². The van der Waals surface area contributed by atoms with Crippen molar-refractivity contribution in [2.45, 2.75) is 33.2 Å². The van der Waals surface area contributed by atoms with Crippen LogP contribution in [0, 0.1) is 0 Å². The van der Waals surface area contributed by atoms with Crippen LogP contribution in [0.3, 0.4) is 0 Å². The summed E-state index contributed by atoms with van der Waals surface area (Å²) in [7, 11) is 0. The molecule has 0 aliphatic carbocycles. The highest BCUT2D eigenvalue weighted by atomic mass is 16.1. The van der Waals surface area contributed by atoms with E-state index < -0.39 is 0 Å². The number of para-hydroxylation sites is 1. The standard InChI is InChI=1S/C22H31N3O/c1-3-25(4-2)18-20-14-8-9-15-21(20)24-17-22(26)23-16-10-13-19-11-6-5-7-12-19/h5-9,11-12,14-15,24H,3-4,10,13,16-18H2,1-2H3,(H,23,26). The Morgan fingerprint density at radius 2 is 1.65 bits per heavy atom. The van der Waals surface area contributed by atoms with Crippen LogP contribution < -0.4 is 10.6 Å². The van der Waals surface area contributed by atoms with Crippen molar-refractivity contribution in [1.82, 2.24) is 10.2 Å². The molecule has 1 amide bonds. The summed E-state index contributed by atoms with van der Waals surface area (Å²) in [5.41, 5.74) is 3.58. The SMILES string of the molecule is CCN(CC)Cc1ccccc1NCC(=O)NCCCc1ccccc1. The van der Waals surface area contributed by atoms with Crippen LogP contribution in [-0.2, 0) is 17.8 Å². The Balaban J connectivity index is 1.73. The molecule has 2 rings (SSSR count). The highest BCUT2D eigenvalue weighted by Crippen LogP contribution is 2.16. The molecular weight excluding hydrogens is 322 g/mol. The molecule has 4 heteroatoms. The van der Waals surface area contributed by atoms with Gasteiger partial charge in [0.05, 0.1) is 6.54 Å². The first-order chi connectivity index (χ1) is 12.7. The number of aryl methyl sites for hydroxylation is 1. The second-order valence-corrected chi connectivity index (χ2v) is 6.41. The number of hydrogen-bond donors (Lipinski definition) is 2. The third-order valence-corrected chi connectivity index (χ3v) is 4.55. The van der Waals surface area contributed by atoms with Crippen molar-refractivity contribution in [3.8, 4) is 0 Å². The van der Waals surface area contributed by atoms with Gasteiger partial charge in [0.2, 0.25) is 5.91 Å². The summed E-state index contributed by atoms with van der Waals surface area (Å²) in [6, 6.07) is 18.6. The Morgan fingerprint density at radius 3 is 2.38 bits per heavy atom. The lowest BCUT2D eigenvalue weighted by atomic mass is 10.1. The van der Waals surface area contributed by atoms with E-state index in [1.807, 2.05) is 36.4 Å². The number of carbonyl (C=O) groups is 1. The van der Waals surface area contributed by atoms with Gasteiger partial charge in [-0.25, -0.2) is 0 Å². The van der Waals surface area contributed by atoms with Crippen LogP contribution in [-0.4, -0.2) is 37.0 Å². The predicted octanol–water partition coefficient (Wildman–Crippen LogP) is 3.69. The first-order valence-corrected chi connectivity index (χ1v) is 9.57. The van der Waals surface area contributed by atoms with Gasteiger partial charge >= 0.3 is 0 Å². The summed E-state index contributed by atoms with van der Waals surface area (Å²) in [5.74, 6) is 0.0377. The minimum absolute atomic E-state index is 0.0377. The maximum absolute atomic E-state index is 12.1. The van der Waals surface area contributed by atoms with Gasteiger partial charge in [-0.05, 0) is 43.1 Å². The first-order valence-electron chi connectivity index (χ1n) is 9.57. The van der Waals surface area contributed by atoms with Gasteiger partial charge in [-0.15, -0.1) is 0 Å². The van der Waals surface area contributed by atoms with E-state index in [2.05, 4.69) is 47.6 Å². The van der Waals surface area contributed by atoms with Crippen LogP contribution >= 0.6 is 0 Å². The quantitative estimate of drug-likeness (QED) is 0.606. The van der Waals surface area contributed by atoms with Gasteiger partial charge < -0.3 is 10.6 Å². The molecule has 0 aliphatic heterocycles. The van der Waals surface area contributed by atoms with E-state index in [1.54, 1.807) is 0 Å². The molecule has 0 aromatic heterocycles. The second kappa shape index (κ2) is 11.3. The molecule has 2 aromatic carbocycles. The molecule has 0 heterocycles. The van der Waals surface area contributed by atoms with Crippen molar-refractivity contribution >= 4 is 11.6 Å². The summed E-state index contributed by atoms with van der Waals surface area (Å²) in [6.07, 6.45) is 1.94. The fourth-order valence-electron chi connectivity index (χ4n) is 2.92. The zero-order valence-electron chi connectivity index (χ0n) is 16.0. The van der Waals surface area contributed by atoms with Crippen LogP contribution in [0.4, 0.5) is 5.69 Å². The number of rotatable bonds is 11. The third kappa shape index (κ3) is 6.89. The first kappa shape index (κ1) is 20.0. The van der Waals surface area contributed by atoms with Gasteiger partial charge in [-0.3, -0.25) is 9.69 Å². The van der Waals surface area contributed by atoms with Crippen molar-refractivity contribution in [2.24, 2.45) is 0 Å². The monoisotopic (exact) mass is 353 g/mol. The molecule has 0 bridgehead atoms. The van der Waals surface area contributed by atoms with Gasteiger partial charge in [0.25, 0.3) is 0 Å². The van der Waals surface area contributed by atoms with E-state index in [0.29, 0.717) is 13.1 Å². The van der Waals surface area contributed by atoms with Crippen molar-refractivity contribution in [3.63, 3.8) is 0 Å². The van der Waals surface area contributed by atoms with E-state index in [0.717, 1.165) is 38.2 Å². The summed E-state index contributed by atoms with van der Waals surface area (Å²) >= 11 is 0. The highest BCUT2D eigenvalue weighted by molar-refractivity contribution is 5.80. The van der Waals surface area contributed by atoms with E-state index >= 15 is 0 Å². The highest BCUT2D eigenvalue weighted by Gasteiger charge is 2.07. The molecule has 0 fully saturated rings. The number of carbonyl (C=O) groups excluding carboxylic acids is 1. The summed E-state index contributed by atoms with van der Waals surface area (Å²) in [4.78, 5) is 14.5. The minimum atomic E-state index is 0.0377. The molecule has 26 heavy (non-hydrogen) atoms. The molecule has 0 aliphatic rings. The maximum atomic E-state index is 12.1. The summed E-state index contributed by atoms with van der Waals surface area (Å²) < 4.78 is 0. The Morgan fingerprint density at radius 1 is 0.962 bits per heavy atom. The van der Waals surface area contributed by atoms with Crippen molar-refractivity contribution in [2.75, 3.05) is 31.5 Å². The van der Waals surface area contributed by atoms with Gasteiger partial charge in [0, 0.05) is 18.8 Å². The number of nitrogens with zero attached hydrogens (tertiary/aromatic N) is 1. The van der Waals surface area contributed by atoms with E-state index in [-0.39, 0.29) is 5.91 Å². The van der Waals surface area contributed by atoms with Gasteiger partial charge in [0.15, 0.2) is 0 Å². The molecule has 0 atom stereocenters. The molecule has 4 nitrogen and oxygen atoms in total. The van der Waals surface area contributed by atoms with Crippen molar-refractivity contribution in [3.05, 3.63) is 65.7 Å². The zero-order valence-corrected chi connectivity index (χ0v) is 16.0. The van der Waals surface area contributed by atoms with E-state index in [1.165, 1.54) is 11.1 Å². The average molecular weight is 354 g/mol. The van der Waals surface area contributed by atoms with E-state index in [9.17, 15) is 4.79 Å². The van der Waals surface area contributed by atoms with Crippen LogP contribution in [0.2, 0.25) is 0 Å². The molecule has 0 unspecified atom stereocenters. The van der Waals surface area contributed by atoms with Crippen molar-refractivity contribution < 1.29 is 4.79 Å². The van der Waals surface area contributed by atoms with Gasteiger partial charge in [0.1, 0.15) is 0 Å². The average Bonchev–Trinajstić information content (AvgIpc) is 2.69. The number of anilines is 1. The summed E-state index contributed by atoms with van der Waals surface area (Å²) in [5, 5.41) is 6.28. The molecule has 2 N–H and O–H groups in total. The van der Waals surface area contributed by atoms with Gasteiger partial charge in [-0.1, -0.05) is 62.4 Å². The Labute approximate surface area is 157 Å². The lowest BCUT2D eigenvalue weighted by Crippen LogP contribution is -2.31. The molecule has 140 valence electrons. The Hall–Kier alpha value is -2.33. The number of nitrogens with one attached hydrogen (secondary N) is 2. The fourth-order valence-corrected chi connectivity index (χ4v) is 2.92. The van der Waals surface area contributed by atoms with Crippen LogP contribution in [0.15, 0.2) is 54.6 Å². The molecular formula is C22H31N3O. The lowest BCUT2D eigenvalue weighted by molar-refractivity contribution is -0.119. The fraction of sp³-hybridized carbons (Fsp3) is 0.409. The predicted molar refractivity (Wildman–Crippen MR) is 109 cm³/mol. The number of benzene rings is 2. The second-order valence-electron chi connectivity index (χ2n) is 6.41. The van der Waals surface area contributed by atoms with Crippen molar-refractivity contribution in [1.29, 1.82) is 0 Å². The molecule has 2 aromatic rings.